The molecule has 0 aliphatic rings. The van der Waals surface area contributed by atoms with Gasteiger partial charge < -0.3 is 0 Å². The van der Waals surface area contributed by atoms with Crippen LogP contribution < -0.4 is 4.90 Å². The summed E-state index contributed by atoms with van der Waals surface area (Å²) in [5, 5.41) is 0. The van der Waals surface area contributed by atoms with Crippen molar-refractivity contribution >= 4 is 11.6 Å². The van der Waals surface area contributed by atoms with Gasteiger partial charge in [0.25, 0.3) is 0 Å². The number of benzene rings is 1. The number of carbonyl (C=O) groups is 1. The first-order chi connectivity index (χ1) is 7.15. The third-order valence-electron chi connectivity index (χ3n) is 2.02. The van der Waals surface area contributed by atoms with E-state index in [2.05, 4.69) is 6.58 Å². The first-order valence-electron chi connectivity index (χ1n) is 4.81. The molecule has 0 bridgehead atoms. The van der Waals surface area contributed by atoms with Crippen molar-refractivity contribution in [1.29, 1.82) is 0 Å². The maximum atomic E-state index is 11.4. The highest BCUT2D eigenvalue weighted by molar-refractivity contribution is 5.93. The molecule has 0 saturated carbocycles. The van der Waals surface area contributed by atoms with E-state index in [0.717, 1.165) is 5.69 Å². The molecule has 15 heavy (non-hydrogen) atoms. The van der Waals surface area contributed by atoms with Gasteiger partial charge in [-0.2, -0.15) is 0 Å². The van der Waals surface area contributed by atoms with Gasteiger partial charge in [0.2, 0.25) is 5.91 Å². The molecule has 0 atom stereocenters. The Balaban J connectivity index is 2.98. The van der Waals surface area contributed by atoms with E-state index >= 15 is 0 Å². The van der Waals surface area contributed by atoms with Crippen LogP contribution in [0.1, 0.15) is 12.5 Å². The number of hydrogen-bond acceptors (Lipinski definition) is 1. The van der Waals surface area contributed by atoms with Crippen molar-refractivity contribution in [3.05, 3.63) is 54.8 Å². The van der Waals surface area contributed by atoms with Gasteiger partial charge in [0, 0.05) is 18.8 Å². The quantitative estimate of drug-likeness (QED) is 0.688. The predicted molar refractivity (Wildman–Crippen MR) is 63.7 cm³/mol. The topological polar surface area (TPSA) is 20.3 Å². The number of aryl methyl sites for hydroxylation is 1. The summed E-state index contributed by atoms with van der Waals surface area (Å²) >= 11 is 0. The molecule has 0 saturated heterocycles. The fourth-order valence-electron chi connectivity index (χ4n) is 1.23. The SMILES string of the molecule is C=C/C=C\N(C(C)=O)c1ccc(C)cc1. The lowest BCUT2D eigenvalue weighted by molar-refractivity contribution is -0.115. The lowest BCUT2D eigenvalue weighted by Gasteiger charge is -2.16. The monoisotopic (exact) mass is 201 g/mol. The van der Waals surface area contributed by atoms with Gasteiger partial charge in [0.15, 0.2) is 0 Å². The number of amides is 1. The normalized spacial score (nSPS) is 10.3. The molecule has 0 unspecified atom stereocenters. The zero-order valence-electron chi connectivity index (χ0n) is 9.10. The summed E-state index contributed by atoms with van der Waals surface area (Å²) in [4.78, 5) is 13.0. The van der Waals surface area contributed by atoms with E-state index in [1.54, 1.807) is 23.3 Å². The molecule has 0 fully saturated rings. The molecule has 0 aromatic heterocycles. The minimum Gasteiger partial charge on any atom is -0.288 e. The molecule has 2 nitrogen and oxygen atoms in total. The van der Waals surface area contributed by atoms with Crippen LogP contribution in [0.5, 0.6) is 0 Å². The summed E-state index contributed by atoms with van der Waals surface area (Å²) in [5.74, 6) is -0.0167. The molecule has 0 N–H and O–H groups in total. The maximum Gasteiger partial charge on any atom is 0.227 e. The van der Waals surface area contributed by atoms with Gasteiger partial charge in [0.05, 0.1) is 0 Å². The molecule has 2 heteroatoms. The van der Waals surface area contributed by atoms with Gasteiger partial charge in [-0.3, -0.25) is 9.69 Å². The minimum atomic E-state index is -0.0167. The number of carbonyl (C=O) groups excluding carboxylic acids is 1. The molecule has 0 radical (unpaired) electrons. The summed E-state index contributed by atoms with van der Waals surface area (Å²) in [7, 11) is 0. The van der Waals surface area contributed by atoms with Crippen molar-refractivity contribution in [2.45, 2.75) is 13.8 Å². The largest absolute Gasteiger partial charge is 0.288 e. The van der Waals surface area contributed by atoms with Crippen LogP contribution in [0.15, 0.2) is 49.2 Å². The first-order valence-corrected chi connectivity index (χ1v) is 4.81. The third-order valence-corrected chi connectivity index (χ3v) is 2.02. The first kappa shape index (κ1) is 11.2. The van der Waals surface area contributed by atoms with Crippen molar-refractivity contribution in [3.8, 4) is 0 Å². The smallest absolute Gasteiger partial charge is 0.227 e. The summed E-state index contributed by atoms with van der Waals surface area (Å²) in [6.07, 6.45) is 5.09. The van der Waals surface area contributed by atoms with Gasteiger partial charge in [-0.15, -0.1) is 0 Å². The Labute approximate surface area is 90.5 Å². The lowest BCUT2D eigenvalue weighted by atomic mass is 10.2. The second-order valence-corrected chi connectivity index (χ2v) is 3.30. The average molecular weight is 201 g/mol. The fourth-order valence-corrected chi connectivity index (χ4v) is 1.23. The van der Waals surface area contributed by atoms with Gasteiger partial charge in [-0.05, 0) is 25.1 Å². The highest BCUT2D eigenvalue weighted by atomic mass is 16.2. The van der Waals surface area contributed by atoms with E-state index < -0.39 is 0 Å². The van der Waals surface area contributed by atoms with Gasteiger partial charge in [-0.1, -0.05) is 30.4 Å². The predicted octanol–water partition coefficient (Wildman–Crippen LogP) is 3.05. The molecule has 0 heterocycles. The molecule has 78 valence electrons. The molecule has 1 amide bonds. The van der Waals surface area contributed by atoms with E-state index in [4.69, 9.17) is 0 Å². The van der Waals surface area contributed by atoms with Crippen LogP contribution in [0, 0.1) is 6.92 Å². The van der Waals surface area contributed by atoms with E-state index in [1.807, 2.05) is 31.2 Å². The zero-order valence-corrected chi connectivity index (χ0v) is 9.10. The van der Waals surface area contributed by atoms with Gasteiger partial charge in [-0.25, -0.2) is 0 Å². The van der Waals surface area contributed by atoms with Crippen molar-refractivity contribution in [1.82, 2.24) is 0 Å². The van der Waals surface area contributed by atoms with Crippen molar-refractivity contribution in [2.24, 2.45) is 0 Å². The van der Waals surface area contributed by atoms with Crippen molar-refractivity contribution in [3.63, 3.8) is 0 Å². The number of nitrogens with zero attached hydrogens (tertiary/aromatic N) is 1. The van der Waals surface area contributed by atoms with Crippen LogP contribution in [0.4, 0.5) is 5.69 Å². The molecular weight excluding hydrogens is 186 g/mol. The maximum absolute atomic E-state index is 11.4. The number of anilines is 1. The average Bonchev–Trinajstić information content (AvgIpc) is 2.21. The second-order valence-electron chi connectivity index (χ2n) is 3.30. The third kappa shape index (κ3) is 3.09. The summed E-state index contributed by atoms with van der Waals surface area (Å²) in [5.41, 5.74) is 2.04. The van der Waals surface area contributed by atoms with Crippen LogP contribution in [-0.2, 0) is 4.79 Å². The van der Waals surface area contributed by atoms with E-state index in [0.29, 0.717) is 0 Å². The van der Waals surface area contributed by atoms with Crippen LogP contribution in [0.3, 0.4) is 0 Å². The van der Waals surface area contributed by atoms with Gasteiger partial charge >= 0.3 is 0 Å². The van der Waals surface area contributed by atoms with Crippen molar-refractivity contribution < 1.29 is 4.79 Å². The van der Waals surface area contributed by atoms with Crippen LogP contribution in [0.2, 0.25) is 0 Å². The van der Waals surface area contributed by atoms with E-state index in [1.165, 1.54) is 12.5 Å². The zero-order chi connectivity index (χ0) is 11.3. The Morgan fingerprint density at radius 2 is 1.93 bits per heavy atom. The van der Waals surface area contributed by atoms with E-state index in [9.17, 15) is 4.79 Å². The van der Waals surface area contributed by atoms with E-state index in [-0.39, 0.29) is 5.91 Å². The van der Waals surface area contributed by atoms with Crippen molar-refractivity contribution in [2.75, 3.05) is 4.90 Å². The highest BCUT2D eigenvalue weighted by Gasteiger charge is 2.06. The standard InChI is InChI=1S/C13H15NO/c1-4-5-10-14(12(3)15)13-8-6-11(2)7-9-13/h4-10H,1H2,2-3H3/b10-5-. The Morgan fingerprint density at radius 1 is 1.33 bits per heavy atom. The lowest BCUT2D eigenvalue weighted by Crippen LogP contribution is -2.21. The molecular formula is C13H15NO. The fraction of sp³-hybridized carbons (Fsp3) is 0.154. The van der Waals surface area contributed by atoms with Crippen LogP contribution in [-0.4, -0.2) is 5.91 Å². The second kappa shape index (κ2) is 5.15. The number of rotatable bonds is 3. The molecule has 0 spiro atoms. The molecule has 1 rings (SSSR count). The highest BCUT2D eigenvalue weighted by Crippen LogP contribution is 2.15. The Hall–Kier alpha value is -1.83. The summed E-state index contributed by atoms with van der Waals surface area (Å²) < 4.78 is 0. The Morgan fingerprint density at radius 3 is 2.40 bits per heavy atom. The van der Waals surface area contributed by atoms with Crippen LogP contribution in [0.25, 0.3) is 0 Å². The Kier molecular flexibility index (Phi) is 3.86. The number of allylic oxidation sites excluding steroid dienone is 2. The molecule has 1 aromatic carbocycles. The van der Waals surface area contributed by atoms with Crippen LogP contribution >= 0.6 is 0 Å². The van der Waals surface area contributed by atoms with Gasteiger partial charge in [0.1, 0.15) is 0 Å². The molecule has 1 aromatic rings. The summed E-state index contributed by atoms with van der Waals surface area (Å²) in [6.45, 7) is 7.13. The summed E-state index contributed by atoms with van der Waals surface area (Å²) in [6, 6.07) is 7.80. The Bertz CT molecular complexity index is 376. The minimum absolute atomic E-state index is 0.0167. The molecule has 0 aliphatic heterocycles. The molecule has 0 aliphatic carbocycles. The number of hydrogen-bond donors (Lipinski definition) is 0.